The summed E-state index contributed by atoms with van der Waals surface area (Å²) in [4.78, 5) is 13.8. The van der Waals surface area contributed by atoms with E-state index in [4.69, 9.17) is 5.73 Å². The number of fused-ring (bicyclic) bond motifs is 1. The minimum Gasteiger partial charge on any atom is -0.320 e. The second kappa shape index (κ2) is 4.26. The summed E-state index contributed by atoms with van der Waals surface area (Å²) in [6.45, 7) is 4.68. The van der Waals surface area contributed by atoms with E-state index in [-0.39, 0.29) is 5.91 Å². The van der Waals surface area contributed by atoms with Crippen LogP contribution in [0.2, 0.25) is 0 Å². The van der Waals surface area contributed by atoms with E-state index in [9.17, 15) is 4.79 Å². The van der Waals surface area contributed by atoms with Gasteiger partial charge in [-0.05, 0) is 30.9 Å². The topological polar surface area (TPSA) is 46.3 Å². The summed E-state index contributed by atoms with van der Waals surface area (Å²) in [5, 5.41) is 0. The number of amides is 1. The van der Waals surface area contributed by atoms with Gasteiger partial charge >= 0.3 is 0 Å². The number of carbonyl (C=O) groups excluding carboxylic acids is 1. The van der Waals surface area contributed by atoms with Gasteiger partial charge in [-0.15, -0.1) is 0 Å². The summed E-state index contributed by atoms with van der Waals surface area (Å²) in [5.41, 5.74) is 7.95. The number of hydrogen-bond donors (Lipinski definition) is 1. The van der Waals surface area contributed by atoms with Crippen LogP contribution in [0.15, 0.2) is 24.3 Å². The van der Waals surface area contributed by atoms with Crippen LogP contribution in [0.5, 0.6) is 0 Å². The van der Waals surface area contributed by atoms with Crippen LogP contribution in [-0.2, 0) is 11.2 Å². The van der Waals surface area contributed by atoms with E-state index < -0.39 is 6.04 Å². The predicted molar refractivity (Wildman–Crippen MR) is 65.3 cm³/mol. The van der Waals surface area contributed by atoms with Gasteiger partial charge in [0.2, 0.25) is 5.91 Å². The van der Waals surface area contributed by atoms with Crippen molar-refractivity contribution in [1.82, 2.24) is 0 Å². The second-order valence-corrected chi connectivity index (χ2v) is 4.68. The molecule has 1 amide bonds. The zero-order valence-electron chi connectivity index (χ0n) is 9.81. The molecule has 1 aromatic carbocycles. The Kier molecular flexibility index (Phi) is 2.97. The van der Waals surface area contributed by atoms with Crippen LogP contribution in [0, 0.1) is 5.92 Å². The van der Waals surface area contributed by atoms with Gasteiger partial charge in [0, 0.05) is 12.2 Å². The molecule has 0 fully saturated rings. The molecule has 0 saturated carbocycles. The van der Waals surface area contributed by atoms with Gasteiger partial charge in [0.15, 0.2) is 0 Å². The van der Waals surface area contributed by atoms with Crippen LogP contribution in [0.25, 0.3) is 0 Å². The van der Waals surface area contributed by atoms with E-state index in [1.54, 1.807) is 6.92 Å². The predicted octanol–water partition coefficient (Wildman–Crippen LogP) is 1.56. The molecule has 3 heteroatoms. The van der Waals surface area contributed by atoms with Crippen molar-refractivity contribution in [2.45, 2.75) is 26.3 Å². The highest BCUT2D eigenvalue weighted by Gasteiger charge is 2.27. The summed E-state index contributed by atoms with van der Waals surface area (Å²) in [5.74, 6) is 0.511. The molecule has 2 rings (SSSR count). The van der Waals surface area contributed by atoms with Crippen LogP contribution >= 0.6 is 0 Å². The fourth-order valence-electron chi connectivity index (χ4n) is 2.25. The Labute approximate surface area is 96.2 Å². The Balaban J connectivity index is 2.37. The van der Waals surface area contributed by atoms with Crippen molar-refractivity contribution in [3.8, 4) is 0 Å². The van der Waals surface area contributed by atoms with Crippen molar-refractivity contribution < 1.29 is 4.79 Å². The molecule has 86 valence electrons. The second-order valence-electron chi connectivity index (χ2n) is 4.68. The summed E-state index contributed by atoms with van der Waals surface area (Å²) in [7, 11) is 0. The standard InChI is InChI=1S/C13H18N2O/c1-9-7-11-5-3-4-6-12(11)15(8-9)13(16)10(2)14/h3-6,9-10H,7-8,14H2,1-2H3/t9?,10-/m1/s1. The first-order valence-corrected chi connectivity index (χ1v) is 5.74. The first-order valence-electron chi connectivity index (χ1n) is 5.74. The lowest BCUT2D eigenvalue weighted by molar-refractivity contribution is -0.119. The van der Waals surface area contributed by atoms with E-state index in [1.165, 1.54) is 5.56 Å². The highest BCUT2D eigenvalue weighted by molar-refractivity contribution is 5.97. The van der Waals surface area contributed by atoms with Crippen molar-refractivity contribution in [2.24, 2.45) is 11.7 Å². The Morgan fingerprint density at radius 1 is 1.50 bits per heavy atom. The normalized spacial score (nSPS) is 21.4. The van der Waals surface area contributed by atoms with Gasteiger partial charge < -0.3 is 10.6 Å². The van der Waals surface area contributed by atoms with E-state index in [2.05, 4.69) is 13.0 Å². The van der Waals surface area contributed by atoms with E-state index in [0.717, 1.165) is 18.7 Å². The third-order valence-electron chi connectivity index (χ3n) is 3.00. The van der Waals surface area contributed by atoms with Crippen molar-refractivity contribution in [1.29, 1.82) is 0 Å². The molecular formula is C13H18N2O. The summed E-state index contributed by atoms with van der Waals surface area (Å²) >= 11 is 0. The largest absolute Gasteiger partial charge is 0.320 e. The molecule has 1 aromatic rings. The molecule has 0 spiro atoms. The lowest BCUT2D eigenvalue weighted by atomic mass is 9.93. The van der Waals surface area contributed by atoms with Crippen molar-refractivity contribution in [3.63, 3.8) is 0 Å². The maximum absolute atomic E-state index is 12.0. The number of carbonyl (C=O) groups is 1. The highest BCUT2D eigenvalue weighted by atomic mass is 16.2. The monoisotopic (exact) mass is 218 g/mol. The molecule has 0 radical (unpaired) electrons. The number of nitrogens with zero attached hydrogens (tertiary/aromatic N) is 1. The molecule has 0 aliphatic carbocycles. The summed E-state index contributed by atoms with van der Waals surface area (Å²) < 4.78 is 0. The molecule has 3 nitrogen and oxygen atoms in total. The number of para-hydroxylation sites is 1. The Bertz CT molecular complexity index is 401. The smallest absolute Gasteiger partial charge is 0.243 e. The highest BCUT2D eigenvalue weighted by Crippen LogP contribution is 2.29. The molecule has 1 aliphatic heterocycles. The fourth-order valence-corrected chi connectivity index (χ4v) is 2.25. The average molecular weight is 218 g/mol. The van der Waals surface area contributed by atoms with Crippen molar-refractivity contribution >= 4 is 11.6 Å². The Hall–Kier alpha value is -1.35. The van der Waals surface area contributed by atoms with Gasteiger partial charge in [0.25, 0.3) is 0 Å². The quantitative estimate of drug-likeness (QED) is 0.777. The van der Waals surface area contributed by atoms with Gasteiger partial charge in [-0.25, -0.2) is 0 Å². The van der Waals surface area contributed by atoms with Crippen LogP contribution < -0.4 is 10.6 Å². The molecule has 2 atom stereocenters. The third kappa shape index (κ3) is 1.95. The molecule has 0 aromatic heterocycles. The van der Waals surface area contributed by atoms with Crippen LogP contribution in [-0.4, -0.2) is 18.5 Å². The number of anilines is 1. The summed E-state index contributed by atoms with van der Waals surface area (Å²) in [6, 6.07) is 7.65. The molecule has 1 aliphatic rings. The Morgan fingerprint density at radius 3 is 2.88 bits per heavy atom. The van der Waals surface area contributed by atoms with E-state index in [1.807, 2.05) is 23.1 Å². The van der Waals surface area contributed by atoms with Gasteiger partial charge in [0.05, 0.1) is 6.04 Å². The molecule has 0 saturated heterocycles. The lowest BCUT2D eigenvalue weighted by Gasteiger charge is -2.34. The van der Waals surface area contributed by atoms with Crippen LogP contribution in [0.3, 0.4) is 0 Å². The molecule has 2 N–H and O–H groups in total. The van der Waals surface area contributed by atoms with Gasteiger partial charge in [-0.2, -0.15) is 0 Å². The van der Waals surface area contributed by atoms with E-state index >= 15 is 0 Å². The molecule has 1 unspecified atom stereocenters. The SMILES string of the molecule is CC1Cc2ccccc2N(C(=O)[C@@H](C)N)C1. The minimum absolute atomic E-state index is 0.0130. The zero-order chi connectivity index (χ0) is 11.7. The van der Waals surface area contributed by atoms with Gasteiger partial charge in [-0.1, -0.05) is 25.1 Å². The average Bonchev–Trinajstić information content (AvgIpc) is 2.26. The lowest BCUT2D eigenvalue weighted by Crippen LogP contribution is -2.46. The first kappa shape index (κ1) is 11.1. The molecule has 16 heavy (non-hydrogen) atoms. The zero-order valence-corrected chi connectivity index (χ0v) is 9.81. The maximum Gasteiger partial charge on any atom is 0.243 e. The summed E-state index contributed by atoms with van der Waals surface area (Å²) in [6.07, 6.45) is 1.04. The maximum atomic E-state index is 12.0. The number of benzene rings is 1. The molecular weight excluding hydrogens is 200 g/mol. The minimum atomic E-state index is -0.432. The number of hydrogen-bond acceptors (Lipinski definition) is 2. The Morgan fingerprint density at radius 2 is 2.19 bits per heavy atom. The van der Waals surface area contributed by atoms with E-state index in [0.29, 0.717) is 5.92 Å². The van der Waals surface area contributed by atoms with Crippen LogP contribution in [0.4, 0.5) is 5.69 Å². The third-order valence-corrected chi connectivity index (χ3v) is 3.00. The first-order chi connectivity index (χ1) is 7.59. The molecule has 0 bridgehead atoms. The van der Waals surface area contributed by atoms with Crippen molar-refractivity contribution in [2.75, 3.05) is 11.4 Å². The van der Waals surface area contributed by atoms with Crippen molar-refractivity contribution in [3.05, 3.63) is 29.8 Å². The number of nitrogens with two attached hydrogens (primary N) is 1. The van der Waals surface area contributed by atoms with Gasteiger partial charge in [-0.3, -0.25) is 4.79 Å². The number of rotatable bonds is 1. The molecule has 1 heterocycles. The van der Waals surface area contributed by atoms with Crippen LogP contribution in [0.1, 0.15) is 19.4 Å². The van der Waals surface area contributed by atoms with Gasteiger partial charge in [0.1, 0.15) is 0 Å². The fraction of sp³-hybridized carbons (Fsp3) is 0.462.